The van der Waals surface area contributed by atoms with Gasteiger partial charge < -0.3 is 4.74 Å². The largest absolute Gasteiger partial charge is 0.425 e. The van der Waals surface area contributed by atoms with Gasteiger partial charge in [0.2, 0.25) is 0 Å². The molecule has 154 valence electrons. The van der Waals surface area contributed by atoms with Crippen LogP contribution in [0, 0.1) is 0 Å². The van der Waals surface area contributed by atoms with Gasteiger partial charge in [0.15, 0.2) is 0 Å². The molecule has 4 aromatic carbocycles. The molecule has 0 spiro atoms. The zero-order valence-corrected chi connectivity index (χ0v) is 17.2. The molecule has 0 saturated heterocycles. The lowest BCUT2D eigenvalue weighted by Crippen LogP contribution is -2.32. The van der Waals surface area contributed by atoms with E-state index in [4.69, 9.17) is 4.74 Å². The molecule has 0 N–H and O–H groups in total. The van der Waals surface area contributed by atoms with Crippen molar-refractivity contribution in [3.8, 4) is 11.4 Å². The Morgan fingerprint density at radius 3 is 2.25 bits per heavy atom. The van der Waals surface area contributed by atoms with Gasteiger partial charge in [-0.25, -0.2) is 0 Å². The van der Waals surface area contributed by atoms with E-state index in [1.165, 1.54) is 0 Å². The highest BCUT2D eigenvalue weighted by Crippen LogP contribution is 2.42. The Labute approximate surface area is 184 Å². The highest BCUT2D eigenvalue weighted by atomic mass is 16.5. The second-order valence-electron chi connectivity index (χ2n) is 8.04. The average molecular weight is 417 g/mol. The second kappa shape index (κ2) is 7.20. The Balaban J connectivity index is 1.73. The summed E-state index contributed by atoms with van der Waals surface area (Å²) in [5, 5.41) is 2.87. The van der Waals surface area contributed by atoms with Crippen LogP contribution in [0.3, 0.4) is 0 Å². The Bertz CT molecular complexity index is 1560. The van der Waals surface area contributed by atoms with Crippen LogP contribution >= 0.6 is 0 Å². The van der Waals surface area contributed by atoms with Crippen molar-refractivity contribution < 1.29 is 9.53 Å². The second-order valence-corrected chi connectivity index (χ2v) is 8.04. The fourth-order valence-electron chi connectivity index (χ4n) is 4.83. The van der Waals surface area contributed by atoms with Crippen molar-refractivity contribution in [2.24, 2.45) is 0 Å². The van der Waals surface area contributed by atoms with Crippen molar-refractivity contribution >= 4 is 27.6 Å². The normalized spacial score (nSPS) is 15.5. The van der Waals surface area contributed by atoms with E-state index in [-0.39, 0.29) is 23.9 Å². The van der Waals surface area contributed by atoms with Crippen LogP contribution in [-0.2, 0) is 4.79 Å². The predicted octanol–water partition coefficient (Wildman–Crippen LogP) is 5.58. The average Bonchev–Trinajstić information content (AvgIpc) is 2.84. The molecule has 0 aliphatic carbocycles. The van der Waals surface area contributed by atoms with Crippen molar-refractivity contribution in [1.29, 1.82) is 0 Å². The van der Waals surface area contributed by atoms with Crippen LogP contribution in [0.1, 0.15) is 23.5 Å². The molecule has 32 heavy (non-hydrogen) atoms. The van der Waals surface area contributed by atoms with Crippen molar-refractivity contribution in [3.63, 3.8) is 0 Å². The maximum absolute atomic E-state index is 14.0. The maximum atomic E-state index is 14.0. The number of esters is 1. The smallest absolute Gasteiger partial charge is 0.312 e. The minimum absolute atomic E-state index is 0.128. The first-order chi connectivity index (χ1) is 15.7. The molecule has 6 rings (SSSR count). The molecule has 2 heterocycles. The number of hydrogen-bond acceptors (Lipinski definition) is 3. The van der Waals surface area contributed by atoms with E-state index < -0.39 is 0 Å². The van der Waals surface area contributed by atoms with Crippen LogP contribution < -0.4 is 10.3 Å². The molecule has 1 atom stereocenters. The fraction of sp³-hybridized carbons (Fsp3) is 0.0714. The summed E-state index contributed by atoms with van der Waals surface area (Å²) in [6.45, 7) is 0. The van der Waals surface area contributed by atoms with Gasteiger partial charge >= 0.3 is 5.97 Å². The van der Waals surface area contributed by atoms with Gasteiger partial charge in [-0.2, -0.15) is 0 Å². The number of para-hydroxylation sites is 2. The van der Waals surface area contributed by atoms with Crippen LogP contribution in [0.4, 0.5) is 0 Å². The minimum Gasteiger partial charge on any atom is -0.425 e. The number of carbonyl (C=O) groups excluding carboxylic acids is 1. The molecule has 0 radical (unpaired) electrons. The number of aromatic nitrogens is 1. The monoisotopic (exact) mass is 417 g/mol. The van der Waals surface area contributed by atoms with E-state index in [0.29, 0.717) is 16.8 Å². The van der Waals surface area contributed by atoms with Crippen LogP contribution in [0.2, 0.25) is 0 Å². The molecular formula is C28H19NO3. The van der Waals surface area contributed by atoms with Gasteiger partial charge in [0.1, 0.15) is 5.75 Å². The molecule has 0 amide bonds. The first-order valence-electron chi connectivity index (χ1n) is 10.6. The van der Waals surface area contributed by atoms with Crippen LogP contribution in [0.15, 0.2) is 102 Å². The maximum Gasteiger partial charge on any atom is 0.312 e. The number of pyridine rings is 1. The zero-order chi connectivity index (χ0) is 21.7. The Morgan fingerprint density at radius 1 is 0.719 bits per heavy atom. The first-order valence-corrected chi connectivity index (χ1v) is 10.6. The summed E-state index contributed by atoms with van der Waals surface area (Å²) in [5.74, 6) is -0.325. The molecule has 1 aliphatic rings. The van der Waals surface area contributed by atoms with E-state index in [1.807, 2.05) is 97.1 Å². The zero-order valence-electron chi connectivity index (χ0n) is 17.2. The fourth-order valence-corrected chi connectivity index (χ4v) is 4.83. The summed E-state index contributed by atoms with van der Waals surface area (Å²) >= 11 is 0. The third-order valence-electron chi connectivity index (χ3n) is 6.22. The number of fused-ring (bicyclic) bond motifs is 4. The lowest BCUT2D eigenvalue weighted by Gasteiger charge is -2.27. The third-order valence-corrected chi connectivity index (χ3v) is 6.22. The first kappa shape index (κ1) is 18.6. The highest BCUT2D eigenvalue weighted by molar-refractivity contribution is 5.94. The molecule has 0 saturated carbocycles. The van der Waals surface area contributed by atoms with E-state index >= 15 is 0 Å². The lowest BCUT2D eigenvalue weighted by atomic mass is 9.83. The van der Waals surface area contributed by atoms with E-state index in [2.05, 4.69) is 0 Å². The van der Waals surface area contributed by atoms with E-state index in [0.717, 1.165) is 27.4 Å². The Kier molecular flexibility index (Phi) is 4.18. The Morgan fingerprint density at radius 2 is 1.41 bits per heavy atom. The summed E-state index contributed by atoms with van der Waals surface area (Å²) in [6, 6.07) is 31.3. The van der Waals surface area contributed by atoms with Crippen LogP contribution in [0.25, 0.3) is 27.4 Å². The van der Waals surface area contributed by atoms with E-state index in [1.54, 1.807) is 4.57 Å². The van der Waals surface area contributed by atoms with Gasteiger partial charge in [0.25, 0.3) is 5.56 Å². The summed E-state index contributed by atoms with van der Waals surface area (Å²) in [4.78, 5) is 26.8. The number of rotatable bonds is 2. The van der Waals surface area contributed by atoms with Gasteiger partial charge in [-0.3, -0.25) is 14.2 Å². The number of nitrogens with zero attached hydrogens (tertiary/aromatic N) is 1. The molecule has 1 aromatic heterocycles. The van der Waals surface area contributed by atoms with Crippen LogP contribution in [-0.4, -0.2) is 10.5 Å². The number of benzene rings is 4. The van der Waals surface area contributed by atoms with Gasteiger partial charge in [0, 0.05) is 17.0 Å². The SMILES string of the molecule is O=C1CC(c2cccc3ccccc23)c2c(c3ccccc3n(-c3ccccc3)c2=O)O1. The Hall–Kier alpha value is -4.18. The summed E-state index contributed by atoms with van der Waals surface area (Å²) < 4.78 is 7.46. The topological polar surface area (TPSA) is 48.3 Å². The number of ether oxygens (including phenoxy) is 1. The summed E-state index contributed by atoms with van der Waals surface area (Å²) in [6.07, 6.45) is 0.128. The standard InChI is InChI=1S/C28H19NO3/c30-25-17-23(21-15-8-10-18-9-4-5-13-20(18)21)26-27(32-25)22-14-6-7-16-24(22)29(28(26)31)19-11-2-1-3-12-19/h1-16,23H,17H2. The van der Waals surface area contributed by atoms with Crippen molar-refractivity contribution in [3.05, 3.63) is 119 Å². The quantitative estimate of drug-likeness (QED) is 0.352. The van der Waals surface area contributed by atoms with Gasteiger partial charge in [-0.15, -0.1) is 0 Å². The molecular weight excluding hydrogens is 398 g/mol. The highest BCUT2D eigenvalue weighted by Gasteiger charge is 2.34. The van der Waals surface area contributed by atoms with Gasteiger partial charge in [0.05, 0.1) is 17.5 Å². The van der Waals surface area contributed by atoms with Crippen molar-refractivity contribution in [2.75, 3.05) is 0 Å². The predicted molar refractivity (Wildman–Crippen MR) is 126 cm³/mol. The van der Waals surface area contributed by atoms with Crippen LogP contribution in [0.5, 0.6) is 5.75 Å². The van der Waals surface area contributed by atoms with Gasteiger partial charge in [-0.05, 0) is 40.6 Å². The molecule has 5 aromatic rings. The summed E-state index contributed by atoms with van der Waals surface area (Å²) in [7, 11) is 0. The molecule has 1 aliphatic heterocycles. The molecule has 4 nitrogen and oxygen atoms in total. The third kappa shape index (κ3) is 2.77. The van der Waals surface area contributed by atoms with E-state index in [9.17, 15) is 9.59 Å². The van der Waals surface area contributed by atoms with Crippen molar-refractivity contribution in [1.82, 2.24) is 4.57 Å². The number of carbonyl (C=O) groups is 1. The van der Waals surface area contributed by atoms with Crippen molar-refractivity contribution in [2.45, 2.75) is 12.3 Å². The molecule has 1 unspecified atom stereocenters. The summed E-state index contributed by atoms with van der Waals surface area (Å²) in [5.41, 5.74) is 2.84. The molecule has 0 bridgehead atoms. The molecule has 4 heteroatoms. The number of hydrogen-bond donors (Lipinski definition) is 0. The lowest BCUT2D eigenvalue weighted by molar-refractivity contribution is -0.135. The minimum atomic E-state index is -0.385. The molecule has 0 fully saturated rings. The van der Waals surface area contributed by atoms with Gasteiger partial charge in [-0.1, -0.05) is 72.8 Å².